The van der Waals surface area contributed by atoms with Crippen LogP contribution in [0.2, 0.25) is 0 Å². The van der Waals surface area contributed by atoms with Crippen LogP contribution in [-0.2, 0) is 13.5 Å². The molecule has 1 aromatic rings. The van der Waals surface area contributed by atoms with E-state index >= 15 is 0 Å². The van der Waals surface area contributed by atoms with E-state index in [1.54, 1.807) is 0 Å². The van der Waals surface area contributed by atoms with Crippen LogP contribution in [0.15, 0.2) is 12.3 Å². The van der Waals surface area contributed by atoms with Gasteiger partial charge in [-0.15, -0.1) is 0 Å². The lowest BCUT2D eigenvalue weighted by Crippen LogP contribution is -2.49. The van der Waals surface area contributed by atoms with Crippen molar-refractivity contribution >= 4 is 0 Å². The van der Waals surface area contributed by atoms with E-state index in [1.807, 2.05) is 17.9 Å². The van der Waals surface area contributed by atoms with E-state index in [1.165, 1.54) is 50.9 Å². The molecule has 0 saturated carbocycles. The van der Waals surface area contributed by atoms with Crippen LogP contribution in [-0.4, -0.2) is 45.9 Å². The molecule has 3 rings (SSSR count). The number of aryl methyl sites for hydroxylation is 1. The zero-order chi connectivity index (χ0) is 13.9. The number of hydrogen-bond acceptors (Lipinski definition) is 3. The molecule has 0 spiro atoms. The highest BCUT2D eigenvalue weighted by molar-refractivity contribution is 5.02. The Kier molecular flexibility index (Phi) is 4.41. The summed E-state index contributed by atoms with van der Waals surface area (Å²) in [4.78, 5) is 2.76. The van der Waals surface area contributed by atoms with Crippen LogP contribution in [0.4, 0.5) is 0 Å². The van der Waals surface area contributed by atoms with Gasteiger partial charge in [-0.2, -0.15) is 5.10 Å². The first kappa shape index (κ1) is 14.1. The average Bonchev–Trinajstić information content (AvgIpc) is 2.95. The van der Waals surface area contributed by atoms with E-state index in [0.29, 0.717) is 0 Å². The summed E-state index contributed by atoms with van der Waals surface area (Å²) in [5.74, 6) is 0. The van der Waals surface area contributed by atoms with Crippen LogP contribution in [0.25, 0.3) is 0 Å². The summed E-state index contributed by atoms with van der Waals surface area (Å²) in [6, 6.07) is 4.54. The van der Waals surface area contributed by atoms with Crippen molar-refractivity contribution in [1.82, 2.24) is 20.0 Å². The van der Waals surface area contributed by atoms with Gasteiger partial charge in [-0.1, -0.05) is 6.92 Å². The summed E-state index contributed by atoms with van der Waals surface area (Å²) < 4.78 is 1.91. The maximum absolute atomic E-state index is 4.50. The van der Waals surface area contributed by atoms with Gasteiger partial charge in [-0.05, 0) is 44.7 Å². The standard InChI is InChI=1S/C16H28N4/c1-3-8-17-14-11-15-4-5-16(12-14)20(15)10-7-13-6-9-19(2)18-13/h6,9,14-17H,3-5,7-8,10-12H2,1-2H3. The maximum Gasteiger partial charge on any atom is 0.0637 e. The topological polar surface area (TPSA) is 33.1 Å². The average molecular weight is 276 g/mol. The van der Waals surface area contributed by atoms with Crippen LogP contribution < -0.4 is 5.32 Å². The second-order valence-electron chi connectivity index (χ2n) is 6.48. The molecule has 3 heterocycles. The number of piperidine rings is 1. The highest BCUT2D eigenvalue weighted by Crippen LogP contribution is 2.35. The molecule has 1 N–H and O–H groups in total. The van der Waals surface area contributed by atoms with Crippen LogP contribution >= 0.6 is 0 Å². The van der Waals surface area contributed by atoms with Gasteiger partial charge in [0.05, 0.1) is 5.69 Å². The minimum atomic E-state index is 0.763. The Balaban J connectivity index is 1.52. The number of nitrogens with one attached hydrogen (secondary N) is 1. The smallest absolute Gasteiger partial charge is 0.0637 e. The molecule has 2 unspecified atom stereocenters. The quantitative estimate of drug-likeness (QED) is 0.862. The molecule has 2 aliphatic rings. The Hall–Kier alpha value is -0.870. The number of fused-ring (bicyclic) bond motifs is 2. The number of rotatable bonds is 6. The van der Waals surface area contributed by atoms with Gasteiger partial charge in [0, 0.05) is 44.3 Å². The van der Waals surface area contributed by atoms with Gasteiger partial charge in [-0.3, -0.25) is 9.58 Å². The van der Waals surface area contributed by atoms with Gasteiger partial charge >= 0.3 is 0 Å². The molecule has 4 heteroatoms. The SMILES string of the molecule is CCCNC1CC2CCC(C1)N2CCc1ccn(C)n1. The number of hydrogen-bond donors (Lipinski definition) is 1. The van der Waals surface area contributed by atoms with Crippen molar-refractivity contribution < 1.29 is 0 Å². The van der Waals surface area contributed by atoms with E-state index in [-0.39, 0.29) is 0 Å². The van der Waals surface area contributed by atoms with Crippen molar-refractivity contribution in [2.24, 2.45) is 7.05 Å². The minimum Gasteiger partial charge on any atom is -0.314 e. The summed E-state index contributed by atoms with van der Waals surface area (Å²) >= 11 is 0. The molecule has 0 radical (unpaired) electrons. The molecule has 2 aliphatic heterocycles. The molecule has 2 bridgehead atoms. The molecule has 20 heavy (non-hydrogen) atoms. The summed E-state index contributed by atoms with van der Waals surface area (Å²) in [5, 5.41) is 8.23. The summed E-state index contributed by atoms with van der Waals surface area (Å²) in [6.07, 6.45) is 9.88. The van der Waals surface area contributed by atoms with Crippen molar-refractivity contribution in [3.63, 3.8) is 0 Å². The van der Waals surface area contributed by atoms with Crippen molar-refractivity contribution in [1.29, 1.82) is 0 Å². The zero-order valence-corrected chi connectivity index (χ0v) is 12.9. The third-order valence-corrected chi connectivity index (χ3v) is 4.96. The second kappa shape index (κ2) is 6.27. The van der Waals surface area contributed by atoms with Crippen molar-refractivity contribution in [3.05, 3.63) is 18.0 Å². The third-order valence-electron chi connectivity index (χ3n) is 4.96. The second-order valence-corrected chi connectivity index (χ2v) is 6.48. The first-order valence-electron chi connectivity index (χ1n) is 8.24. The predicted octanol–water partition coefficient (Wildman–Crippen LogP) is 1.96. The van der Waals surface area contributed by atoms with E-state index < -0.39 is 0 Å². The molecular formula is C16H28N4. The summed E-state index contributed by atoms with van der Waals surface area (Å²) in [6.45, 7) is 4.62. The minimum absolute atomic E-state index is 0.763. The first-order valence-corrected chi connectivity index (χ1v) is 8.24. The largest absolute Gasteiger partial charge is 0.314 e. The van der Waals surface area contributed by atoms with E-state index in [4.69, 9.17) is 0 Å². The van der Waals surface area contributed by atoms with E-state index in [0.717, 1.165) is 24.5 Å². The van der Waals surface area contributed by atoms with Gasteiger partial charge in [0.1, 0.15) is 0 Å². The van der Waals surface area contributed by atoms with Gasteiger partial charge in [0.25, 0.3) is 0 Å². The predicted molar refractivity (Wildman–Crippen MR) is 81.7 cm³/mol. The lowest BCUT2D eigenvalue weighted by Gasteiger charge is -2.39. The zero-order valence-electron chi connectivity index (χ0n) is 12.9. The van der Waals surface area contributed by atoms with Crippen LogP contribution in [0, 0.1) is 0 Å². The molecule has 0 amide bonds. The van der Waals surface area contributed by atoms with E-state index in [9.17, 15) is 0 Å². The Morgan fingerprint density at radius 1 is 1.30 bits per heavy atom. The fourth-order valence-electron chi connectivity index (χ4n) is 3.99. The van der Waals surface area contributed by atoms with Crippen molar-refractivity contribution in [3.8, 4) is 0 Å². The fourth-order valence-corrected chi connectivity index (χ4v) is 3.99. The Bertz CT molecular complexity index is 414. The molecule has 2 fully saturated rings. The molecule has 112 valence electrons. The molecular weight excluding hydrogens is 248 g/mol. The highest BCUT2D eigenvalue weighted by atomic mass is 15.3. The van der Waals surface area contributed by atoms with E-state index in [2.05, 4.69) is 28.3 Å². The normalized spacial score (nSPS) is 30.0. The molecule has 2 atom stereocenters. The molecule has 4 nitrogen and oxygen atoms in total. The third kappa shape index (κ3) is 3.07. The van der Waals surface area contributed by atoms with Crippen LogP contribution in [0.1, 0.15) is 44.7 Å². The molecule has 0 aliphatic carbocycles. The number of aromatic nitrogens is 2. The first-order chi connectivity index (χ1) is 9.76. The fraction of sp³-hybridized carbons (Fsp3) is 0.812. The van der Waals surface area contributed by atoms with Gasteiger partial charge < -0.3 is 5.32 Å². The lowest BCUT2D eigenvalue weighted by molar-refractivity contribution is 0.118. The highest BCUT2D eigenvalue weighted by Gasteiger charge is 2.39. The molecule has 2 saturated heterocycles. The Labute approximate surface area is 122 Å². The van der Waals surface area contributed by atoms with Gasteiger partial charge in [0.2, 0.25) is 0 Å². The van der Waals surface area contributed by atoms with Crippen molar-refractivity contribution in [2.75, 3.05) is 13.1 Å². The number of nitrogens with zero attached hydrogens (tertiary/aromatic N) is 3. The molecule has 0 aromatic carbocycles. The summed E-state index contributed by atoms with van der Waals surface area (Å²) in [5.41, 5.74) is 1.23. The van der Waals surface area contributed by atoms with Gasteiger partial charge in [-0.25, -0.2) is 0 Å². The van der Waals surface area contributed by atoms with Crippen LogP contribution in [0.3, 0.4) is 0 Å². The monoisotopic (exact) mass is 276 g/mol. The van der Waals surface area contributed by atoms with Gasteiger partial charge in [0.15, 0.2) is 0 Å². The lowest BCUT2D eigenvalue weighted by atomic mass is 9.97. The van der Waals surface area contributed by atoms with Crippen molar-refractivity contribution in [2.45, 2.75) is 63.6 Å². The summed E-state index contributed by atoms with van der Waals surface area (Å²) in [7, 11) is 2.00. The van der Waals surface area contributed by atoms with Crippen LogP contribution in [0.5, 0.6) is 0 Å². The molecule has 1 aromatic heterocycles. The maximum atomic E-state index is 4.50. The Morgan fingerprint density at radius 2 is 2.05 bits per heavy atom. The Morgan fingerprint density at radius 3 is 2.65 bits per heavy atom.